The zero-order valence-electron chi connectivity index (χ0n) is 12.2. The molecule has 0 unspecified atom stereocenters. The Labute approximate surface area is 129 Å². The Morgan fingerprint density at radius 1 is 1.10 bits per heavy atom. The minimum Gasteiger partial charge on any atom is -0.295 e. The summed E-state index contributed by atoms with van der Waals surface area (Å²) in [6.07, 6.45) is 2.01. The first-order chi connectivity index (χ1) is 10.1. The monoisotopic (exact) mass is 303 g/mol. The lowest BCUT2D eigenvalue weighted by Gasteiger charge is -2.16. The highest BCUT2D eigenvalue weighted by molar-refractivity contribution is 7.98. The molecule has 2 aromatic carbocycles. The first-order valence-corrected chi connectivity index (χ1v) is 7.91. The third-order valence-electron chi connectivity index (χ3n) is 3.19. The van der Waals surface area contributed by atoms with Gasteiger partial charge in [0.1, 0.15) is 5.82 Å². The fraction of sp³-hybridized carbons (Fsp3) is 0.235. The standard InChI is InChI=1S/C17H18FNOS/c1-19(11-13-3-7-15(18)8-4-13)12-17(20)14-5-9-16(21-2)10-6-14/h3-10H,11-12H2,1-2H3. The van der Waals surface area contributed by atoms with Crippen LogP contribution in [-0.2, 0) is 6.54 Å². The number of carbonyl (C=O) groups is 1. The molecular weight excluding hydrogens is 285 g/mol. The molecule has 0 spiro atoms. The van der Waals surface area contributed by atoms with Gasteiger partial charge >= 0.3 is 0 Å². The molecule has 110 valence electrons. The van der Waals surface area contributed by atoms with Gasteiger partial charge in [-0.15, -0.1) is 11.8 Å². The zero-order chi connectivity index (χ0) is 15.2. The van der Waals surface area contributed by atoms with Gasteiger partial charge in [0.25, 0.3) is 0 Å². The average Bonchev–Trinajstić information content (AvgIpc) is 2.49. The number of rotatable bonds is 6. The van der Waals surface area contributed by atoms with Crippen LogP contribution in [0.4, 0.5) is 4.39 Å². The maximum atomic E-state index is 12.8. The van der Waals surface area contributed by atoms with Gasteiger partial charge in [-0.3, -0.25) is 9.69 Å². The smallest absolute Gasteiger partial charge is 0.176 e. The normalized spacial score (nSPS) is 10.9. The number of nitrogens with zero attached hydrogens (tertiary/aromatic N) is 1. The van der Waals surface area contributed by atoms with E-state index >= 15 is 0 Å². The van der Waals surface area contributed by atoms with Crippen molar-refractivity contribution in [2.24, 2.45) is 0 Å². The van der Waals surface area contributed by atoms with Gasteiger partial charge < -0.3 is 0 Å². The van der Waals surface area contributed by atoms with Crippen molar-refractivity contribution in [3.8, 4) is 0 Å². The Bertz CT molecular complexity index is 595. The van der Waals surface area contributed by atoms with Crippen LogP contribution in [0.5, 0.6) is 0 Å². The summed E-state index contributed by atoms with van der Waals surface area (Å²) in [4.78, 5) is 15.3. The molecule has 0 saturated heterocycles. The van der Waals surface area contributed by atoms with Gasteiger partial charge in [-0.1, -0.05) is 24.3 Å². The van der Waals surface area contributed by atoms with Crippen molar-refractivity contribution in [1.82, 2.24) is 4.90 Å². The molecule has 0 aliphatic carbocycles. The summed E-state index contributed by atoms with van der Waals surface area (Å²) >= 11 is 1.65. The second kappa shape index (κ2) is 7.38. The van der Waals surface area contributed by atoms with Gasteiger partial charge in [-0.2, -0.15) is 0 Å². The van der Waals surface area contributed by atoms with Crippen molar-refractivity contribution < 1.29 is 9.18 Å². The maximum absolute atomic E-state index is 12.8. The number of halogens is 1. The third kappa shape index (κ3) is 4.69. The Kier molecular flexibility index (Phi) is 5.53. The van der Waals surface area contributed by atoms with Gasteiger partial charge in [0.05, 0.1) is 6.54 Å². The van der Waals surface area contributed by atoms with Crippen LogP contribution in [0, 0.1) is 5.82 Å². The minimum absolute atomic E-state index is 0.0901. The van der Waals surface area contributed by atoms with Crippen LogP contribution in [0.1, 0.15) is 15.9 Å². The first-order valence-electron chi connectivity index (χ1n) is 6.68. The molecule has 0 aliphatic heterocycles. The highest BCUT2D eigenvalue weighted by atomic mass is 32.2. The summed E-state index contributed by atoms with van der Waals surface area (Å²) in [6, 6.07) is 14.0. The maximum Gasteiger partial charge on any atom is 0.176 e. The highest BCUT2D eigenvalue weighted by Gasteiger charge is 2.10. The summed E-state index contributed by atoms with van der Waals surface area (Å²) in [7, 11) is 1.89. The molecule has 0 N–H and O–H groups in total. The second-order valence-electron chi connectivity index (χ2n) is 4.95. The van der Waals surface area contributed by atoms with Crippen molar-refractivity contribution in [3.63, 3.8) is 0 Å². The van der Waals surface area contributed by atoms with Crippen LogP contribution in [-0.4, -0.2) is 30.5 Å². The molecule has 2 aromatic rings. The average molecular weight is 303 g/mol. The van der Waals surface area contributed by atoms with Crippen LogP contribution in [0.25, 0.3) is 0 Å². The van der Waals surface area contributed by atoms with Crippen LogP contribution in [0.3, 0.4) is 0 Å². The molecule has 0 fully saturated rings. The van der Waals surface area contributed by atoms with Gasteiger partial charge in [0.2, 0.25) is 0 Å². The number of carbonyl (C=O) groups excluding carboxylic acids is 1. The molecule has 2 rings (SSSR count). The SMILES string of the molecule is CSc1ccc(C(=O)CN(C)Cc2ccc(F)cc2)cc1. The van der Waals surface area contributed by atoms with E-state index in [1.807, 2.05) is 42.5 Å². The predicted molar refractivity (Wildman–Crippen MR) is 85.3 cm³/mol. The molecule has 4 heteroatoms. The summed E-state index contributed by atoms with van der Waals surface area (Å²) in [5.74, 6) is -0.154. The molecule has 0 aliphatic rings. The van der Waals surface area contributed by atoms with Gasteiger partial charge in [0, 0.05) is 17.0 Å². The molecule has 0 saturated carbocycles. The first kappa shape index (κ1) is 15.7. The van der Waals surface area contributed by atoms with E-state index in [0.29, 0.717) is 13.1 Å². The molecule has 0 bridgehead atoms. The lowest BCUT2D eigenvalue weighted by molar-refractivity contribution is 0.0943. The summed E-state index contributed by atoms with van der Waals surface area (Å²) in [5, 5.41) is 0. The van der Waals surface area contributed by atoms with E-state index in [1.54, 1.807) is 23.9 Å². The summed E-state index contributed by atoms with van der Waals surface area (Å²) in [5.41, 5.74) is 1.71. The van der Waals surface area contributed by atoms with E-state index in [0.717, 1.165) is 16.0 Å². The van der Waals surface area contributed by atoms with E-state index in [1.165, 1.54) is 12.1 Å². The third-order valence-corrected chi connectivity index (χ3v) is 3.93. The van der Waals surface area contributed by atoms with Crippen molar-refractivity contribution in [3.05, 3.63) is 65.5 Å². The number of Topliss-reactive ketones (excluding diaryl/α,β-unsaturated/α-hetero) is 1. The second-order valence-corrected chi connectivity index (χ2v) is 5.83. The number of thioether (sulfide) groups is 1. The van der Waals surface area contributed by atoms with Crippen LogP contribution >= 0.6 is 11.8 Å². The Morgan fingerprint density at radius 3 is 2.29 bits per heavy atom. The highest BCUT2D eigenvalue weighted by Crippen LogP contribution is 2.15. The molecular formula is C17H18FNOS. The molecule has 0 heterocycles. The Morgan fingerprint density at radius 2 is 1.71 bits per heavy atom. The lowest BCUT2D eigenvalue weighted by atomic mass is 10.1. The van der Waals surface area contributed by atoms with Crippen LogP contribution < -0.4 is 0 Å². The fourth-order valence-electron chi connectivity index (χ4n) is 2.07. The summed E-state index contributed by atoms with van der Waals surface area (Å²) in [6.45, 7) is 0.963. The van der Waals surface area contributed by atoms with Gasteiger partial charge in [-0.05, 0) is 43.1 Å². The Hall–Kier alpha value is -1.65. The van der Waals surface area contributed by atoms with Crippen molar-refractivity contribution in [2.45, 2.75) is 11.4 Å². The van der Waals surface area contributed by atoms with Crippen molar-refractivity contribution in [1.29, 1.82) is 0 Å². The quantitative estimate of drug-likeness (QED) is 0.597. The van der Waals surface area contributed by atoms with Crippen LogP contribution in [0.2, 0.25) is 0 Å². The number of likely N-dealkylation sites (N-methyl/N-ethyl adjacent to an activating group) is 1. The van der Waals surface area contributed by atoms with Crippen LogP contribution in [0.15, 0.2) is 53.4 Å². The van der Waals surface area contributed by atoms with Crippen molar-refractivity contribution in [2.75, 3.05) is 19.8 Å². The summed E-state index contributed by atoms with van der Waals surface area (Å²) < 4.78 is 12.8. The number of hydrogen-bond acceptors (Lipinski definition) is 3. The van der Waals surface area contributed by atoms with Gasteiger partial charge in [0.15, 0.2) is 5.78 Å². The molecule has 2 nitrogen and oxygen atoms in total. The number of ketones is 1. The largest absolute Gasteiger partial charge is 0.295 e. The van der Waals surface area contributed by atoms with Gasteiger partial charge in [-0.25, -0.2) is 4.39 Å². The predicted octanol–water partition coefficient (Wildman–Crippen LogP) is 3.86. The van der Waals surface area contributed by atoms with E-state index in [4.69, 9.17) is 0 Å². The number of hydrogen-bond donors (Lipinski definition) is 0. The minimum atomic E-state index is -0.244. The number of benzene rings is 2. The topological polar surface area (TPSA) is 20.3 Å². The van der Waals surface area contributed by atoms with E-state index in [9.17, 15) is 9.18 Å². The zero-order valence-corrected chi connectivity index (χ0v) is 13.0. The molecule has 0 amide bonds. The lowest BCUT2D eigenvalue weighted by Crippen LogP contribution is -2.25. The molecule has 0 aromatic heterocycles. The molecule has 0 atom stereocenters. The van der Waals surface area contributed by atoms with E-state index in [-0.39, 0.29) is 11.6 Å². The van der Waals surface area contributed by atoms with Crippen molar-refractivity contribution >= 4 is 17.5 Å². The fourth-order valence-corrected chi connectivity index (χ4v) is 2.48. The van der Waals surface area contributed by atoms with E-state index in [2.05, 4.69) is 0 Å². The molecule has 0 radical (unpaired) electrons. The molecule has 21 heavy (non-hydrogen) atoms. The Balaban J connectivity index is 1.93. The van der Waals surface area contributed by atoms with E-state index < -0.39 is 0 Å².